The lowest BCUT2D eigenvalue weighted by atomic mass is 9.79. The second-order valence-electron chi connectivity index (χ2n) is 5.91. The zero-order chi connectivity index (χ0) is 12.6. The molecule has 0 aromatic carbocycles. The van der Waals surface area contributed by atoms with Crippen molar-refractivity contribution in [3.8, 4) is 0 Å². The molecule has 0 heterocycles. The van der Waals surface area contributed by atoms with Gasteiger partial charge < -0.3 is 0 Å². The van der Waals surface area contributed by atoms with E-state index in [0.29, 0.717) is 0 Å². The van der Waals surface area contributed by atoms with E-state index >= 15 is 0 Å². The van der Waals surface area contributed by atoms with Crippen LogP contribution in [-0.2, 0) is 0 Å². The number of hydrogen-bond donors (Lipinski definition) is 0. The first-order valence-corrected chi connectivity index (χ1v) is 7.56. The largest absolute Gasteiger partial charge is 0.0776 e. The maximum atomic E-state index is 2.43. The molecule has 106 valence electrons. The van der Waals surface area contributed by atoms with E-state index < -0.39 is 0 Å². The molecule has 0 fully saturated rings. The summed E-state index contributed by atoms with van der Waals surface area (Å²) in [7, 11) is 0. The molecule has 0 nitrogen and oxygen atoms in total. The van der Waals surface area contributed by atoms with Crippen molar-refractivity contribution in [2.45, 2.75) is 87.5 Å². The molecule has 0 spiro atoms. The van der Waals surface area contributed by atoms with Gasteiger partial charge in [-0.2, -0.15) is 0 Å². The van der Waals surface area contributed by atoms with Gasteiger partial charge >= 0.3 is 0 Å². The van der Waals surface area contributed by atoms with Gasteiger partial charge in [0, 0.05) is 0 Å². The summed E-state index contributed by atoms with van der Waals surface area (Å²) in [6, 6.07) is 0. The van der Waals surface area contributed by atoms with Crippen molar-refractivity contribution in [3.63, 3.8) is 0 Å². The van der Waals surface area contributed by atoms with Gasteiger partial charge in [-0.3, -0.25) is 0 Å². The van der Waals surface area contributed by atoms with Crippen LogP contribution >= 0.6 is 0 Å². The zero-order valence-corrected chi connectivity index (χ0v) is 12.6. The van der Waals surface area contributed by atoms with Crippen molar-refractivity contribution in [2.24, 2.45) is 23.7 Å². The van der Waals surface area contributed by atoms with Gasteiger partial charge in [0.15, 0.2) is 0 Å². The molecule has 0 saturated heterocycles. The molecular formula is C17H38. The Hall–Kier alpha value is 0. The molecule has 2 unspecified atom stereocenters. The summed E-state index contributed by atoms with van der Waals surface area (Å²) in [6.07, 6.45) is 8.42. The van der Waals surface area contributed by atoms with Crippen molar-refractivity contribution in [1.82, 2.24) is 0 Å². The predicted octanol–water partition coefficient (Wildman–Crippen LogP) is 6.55. The minimum absolute atomic E-state index is 0. The molecule has 0 radical (unpaired) electrons. The van der Waals surface area contributed by atoms with Crippen LogP contribution in [0.4, 0.5) is 0 Å². The zero-order valence-electron chi connectivity index (χ0n) is 12.6. The third-order valence-electron chi connectivity index (χ3n) is 4.54. The minimum atomic E-state index is 0. The van der Waals surface area contributed by atoms with Crippen molar-refractivity contribution < 1.29 is 0 Å². The van der Waals surface area contributed by atoms with Crippen LogP contribution in [-0.4, -0.2) is 0 Å². The summed E-state index contributed by atoms with van der Waals surface area (Å²) in [5.41, 5.74) is 0. The van der Waals surface area contributed by atoms with Crippen LogP contribution in [0.3, 0.4) is 0 Å². The van der Waals surface area contributed by atoms with Gasteiger partial charge in [0.1, 0.15) is 0 Å². The van der Waals surface area contributed by atoms with Crippen LogP contribution in [0, 0.1) is 23.7 Å². The molecule has 0 rings (SSSR count). The van der Waals surface area contributed by atoms with Gasteiger partial charge in [0.25, 0.3) is 0 Å². The van der Waals surface area contributed by atoms with Gasteiger partial charge in [0.2, 0.25) is 0 Å². The summed E-state index contributed by atoms with van der Waals surface area (Å²) in [5, 5.41) is 0. The standard InChI is InChI=1S/C16H34.CH4/c1-7-14(6)16(13(4)5)12-10-11-15(8-2)9-3;/h13-16H,7-12H2,1-6H3;1H4. The highest BCUT2D eigenvalue weighted by Crippen LogP contribution is 2.29. The highest BCUT2D eigenvalue weighted by Gasteiger charge is 2.19. The van der Waals surface area contributed by atoms with E-state index in [-0.39, 0.29) is 7.43 Å². The fourth-order valence-electron chi connectivity index (χ4n) is 2.92. The van der Waals surface area contributed by atoms with Gasteiger partial charge in [-0.25, -0.2) is 0 Å². The first-order valence-electron chi connectivity index (χ1n) is 7.56. The van der Waals surface area contributed by atoms with Crippen molar-refractivity contribution >= 4 is 0 Å². The van der Waals surface area contributed by atoms with E-state index in [1.807, 2.05) is 0 Å². The number of hydrogen-bond acceptors (Lipinski definition) is 0. The molecule has 0 aliphatic carbocycles. The van der Waals surface area contributed by atoms with Crippen molar-refractivity contribution in [2.75, 3.05) is 0 Å². The van der Waals surface area contributed by atoms with E-state index in [1.165, 1.54) is 38.5 Å². The Bertz CT molecular complexity index is 144. The van der Waals surface area contributed by atoms with Crippen molar-refractivity contribution in [1.29, 1.82) is 0 Å². The Balaban J connectivity index is 0. The lowest BCUT2D eigenvalue weighted by Crippen LogP contribution is -2.17. The van der Waals surface area contributed by atoms with E-state index in [1.54, 1.807) is 0 Å². The average Bonchev–Trinajstić information content (AvgIpc) is 2.28. The summed E-state index contributed by atoms with van der Waals surface area (Å²) in [5.74, 6) is 3.68. The van der Waals surface area contributed by atoms with E-state index in [2.05, 4.69) is 41.5 Å². The predicted molar refractivity (Wildman–Crippen MR) is 82.4 cm³/mol. The second kappa shape index (κ2) is 11.1. The Labute approximate surface area is 112 Å². The minimum Gasteiger partial charge on any atom is -0.0776 e. The van der Waals surface area contributed by atoms with Gasteiger partial charge in [0.05, 0.1) is 0 Å². The molecule has 2 atom stereocenters. The normalized spacial score (nSPS) is 14.8. The molecule has 0 amide bonds. The summed E-state index contributed by atoms with van der Waals surface area (Å²) in [6.45, 7) is 14.2. The molecular weight excluding hydrogens is 204 g/mol. The smallest absolute Gasteiger partial charge is 0.0365 e. The molecule has 0 N–H and O–H groups in total. The Morgan fingerprint density at radius 1 is 0.765 bits per heavy atom. The molecule has 0 aliphatic heterocycles. The second-order valence-corrected chi connectivity index (χ2v) is 5.91. The van der Waals surface area contributed by atoms with Gasteiger partial charge in [-0.05, 0) is 30.1 Å². The molecule has 0 saturated carbocycles. The fraction of sp³-hybridized carbons (Fsp3) is 1.00. The maximum absolute atomic E-state index is 2.43. The monoisotopic (exact) mass is 242 g/mol. The average molecular weight is 242 g/mol. The summed E-state index contributed by atoms with van der Waals surface area (Å²) < 4.78 is 0. The highest BCUT2D eigenvalue weighted by molar-refractivity contribution is 4.69. The topological polar surface area (TPSA) is 0 Å². The van der Waals surface area contributed by atoms with Crippen LogP contribution in [0.2, 0.25) is 0 Å². The SMILES string of the molecule is C.CCC(CC)CCCC(C(C)C)C(C)CC. The first-order chi connectivity index (χ1) is 7.56. The highest BCUT2D eigenvalue weighted by atomic mass is 14.2. The number of rotatable bonds is 9. The van der Waals surface area contributed by atoms with Crippen LogP contribution in [0.15, 0.2) is 0 Å². The Morgan fingerprint density at radius 2 is 1.29 bits per heavy atom. The molecule has 0 aromatic heterocycles. The van der Waals surface area contributed by atoms with Crippen LogP contribution in [0.5, 0.6) is 0 Å². The third kappa shape index (κ3) is 7.84. The van der Waals surface area contributed by atoms with E-state index in [9.17, 15) is 0 Å². The van der Waals surface area contributed by atoms with Gasteiger partial charge in [-0.15, -0.1) is 0 Å². The van der Waals surface area contributed by atoms with Crippen LogP contribution < -0.4 is 0 Å². The van der Waals surface area contributed by atoms with Crippen LogP contribution in [0.1, 0.15) is 87.5 Å². The lowest BCUT2D eigenvalue weighted by molar-refractivity contribution is 0.234. The first kappa shape index (κ1) is 19.3. The van der Waals surface area contributed by atoms with Crippen molar-refractivity contribution in [3.05, 3.63) is 0 Å². The third-order valence-corrected chi connectivity index (χ3v) is 4.54. The quantitative estimate of drug-likeness (QED) is 0.430. The maximum Gasteiger partial charge on any atom is -0.0365 e. The summed E-state index contributed by atoms with van der Waals surface area (Å²) in [4.78, 5) is 0. The van der Waals surface area contributed by atoms with Gasteiger partial charge in [-0.1, -0.05) is 81.1 Å². The Kier molecular flexibility index (Phi) is 12.6. The fourth-order valence-corrected chi connectivity index (χ4v) is 2.92. The molecule has 0 aliphatic rings. The molecule has 0 heteroatoms. The molecule has 0 aromatic rings. The molecule has 17 heavy (non-hydrogen) atoms. The lowest BCUT2D eigenvalue weighted by Gasteiger charge is -2.27. The van der Waals surface area contributed by atoms with E-state index in [4.69, 9.17) is 0 Å². The molecule has 0 bridgehead atoms. The van der Waals surface area contributed by atoms with E-state index in [0.717, 1.165) is 23.7 Å². The summed E-state index contributed by atoms with van der Waals surface area (Å²) >= 11 is 0. The Morgan fingerprint density at radius 3 is 1.65 bits per heavy atom. The van der Waals surface area contributed by atoms with Crippen LogP contribution in [0.25, 0.3) is 0 Å².